The van der Waals surface area contributed by atoms with Crippen LogP contribution in [-0.2, 0) is 14.8 Å². The molecule has 0 aromatic heterocycles. The molecule has 0 unspecified atom stereocenters. The Morgan fingerprint density at radius 1 is 1.30 bits per heavy atom. The number of primary amides is 1. The number of nitrogens with zero attached hydrogens (tertiary/aromatic N) is 1. The Balaban J connectivity index is 2.48. The molecule has 1 heterocycles. The molecule has 1 atom stereocenters. The molecule has 110 valence electrons. The number of benzene rings is 1. The fourth-order valence-electron chi connectivity index (χ4n) is 2.29. The Hall–Kier alpha value is -0.820. The molecule has 1 aromatic rings. The highest BCUT2D eigenvalue weighted by atomic mass is 35.5. The minimum atomic E-state index is -3.89. The summed E-state index contributed by atoms with van der Waals surface area (Å²) in [7, 11) is -3.89. The SMILES string of the molecule is NC(=O)[C@@H]1CCCCN1S(=O)(=O)c1cccc(Cl)c1Cl. The van der Waals surface area contributed by atoms with E-state index in [4.69, 9.17) is 28.9 Å². The molecule has 0 aliphatic carbocycles. The van der Waals surface area contributed by atoms with Gasteiger partial charge in [-0.1, -0.05) is 35.7 Å². The van der Waals surface area contributed by atoms with Gasteiger partial charge in [-0.2, -0.15) is 4.31 Å². The fraction of sp³-hybridized carbons (Fsp3) is 0.417. The molecule has 2 rings (SSSR count). The van der Waals surface area contributed by atoms with Crippen molar-refractivity contribution in [3.05, 3.63) is 28.2 Å². The Morgan fingerprint density at radius 2 is 2.00 bits per heavy atom. The number of nitrogens with two attached hydrogens (primary N) is 1. The largest absolute Gasteiger partial charge is 0.368 e. The van der Waals surface area contributed by atoms with E-state index in [2.05, 4.69) is 0 Å². The van der Waals surface area contributed by atoms with Crippen molar-refractivity contribution in [3.8, 4) is 0 Å². The quantitative estimate of drug-likeness (QED) is 0.916. The van der Waals surface area contributed by atoms with E-state index in [1.807, 2.05) is 0 Å². The maximum absolute atomic E-state index is 12.7. The predicted octanol–water partition coefficient (Wildman–Crippen LogP) is 2.02. The second-order valence-corrected chi connectivity index (χ2v) is 7.23. The summed E-state index contributed by atoms with van der Waals surface area (Å²) in [6.07, 6.45) is 1.87. The summed E-state index contributed by atoms with van der Waals surface area (Å²) in [6.45, 7) is 0.249. The van der Waals surface area contributed by atoms with Crippen molar-refractivity contribution in [2.45, 2.75) is 30.2 Å². The van der Waals surface area contributed by atoms with Gasteiger partial charge in [0.2, 0.25) is 15.9 Å². The first-order valence-electron chi connectivity index (χ1n) is 6.11. The molecule has 2 N–H and O–H groups in total. The Kier molecular flexibility index (Phi) is 4.59. The second kappa shape index (κ2) is 5.89. The van der Waals surface area contributed by atoms with Crippen molar-refractivity contribution in [1.82, 2.24) is 4.31 Å². The molecule has 1 aliphatic rings. The number of carbonyl (C=O) groups is 1. The number of carbonyl (C=O) groups excluding carboxylic acids is 1. The molecule has 20 heavy (non-hydrogen) atoms. The normalized spacial score (nSPS) is 20.8. The monoisotopic (exact) mass is 336 g/mol. The first kappa shape index (κ1) is 15.6. The number of amides is 1. The summed E-state index contributed by atoms with van der Waals surface area (Å²) in [5.41, 5.74) is 5.30. The van der Waals surface area contributed by atoms with Crippen molar-refractivity contribution in [2.75, 3.05) is 6.54 Å². The van der Waals surface area contributed by atoms with E-state index in [1.54, 1.807) is 0 Å². The van der Waals surface area contributed by atoms with Gasteiger partial charge in [-0.05, 0) is 25.0 Å². The molecule has 1 fully saturated rings. The minimum Gasteiger partial charge on any atom is -0.368 e. The number of sulfonamides is 1. The Bertz CT molecular complexity index is 634. The summed E-state index contributed by atoms with van der Waals surface area (Å²) < 4.78 is 26.4. The van der Waals surface area contributed by atoms with Gasteiger partial charge >= 0.3 is 0 Å². The van der Waals surface area contributed by atoms with E-state index in [1.165, 1.54) is 18.2 Å². The molecule has 1 saturated heterocycles. The van der Waals surface area contributed by atoms with Crippen LogP contribution in [0.4, 0.5) is 0 Å². The van der Waals surface area contributed by atoms with Crippen LogP contribution in [0, 0.1) is 0 Å². The number of hydrogen-bond acceptors (Lipinski definition) is 3. The average molecular weight is 337 g/mol. The lowest BCUT2D eigenvalue weighted by Crippen LogP contribution is -2.50. The molecule has 0 spiro atoms. The van der Waals surface area contributed by atoms with E-state index >= 15 is 0 Å². The summed E-state index contributed by atoms with van der Waals surface area (Å²) in [5, 5.41) is 0.114. The third-order valence-electron chi connectivity index (χ3n) is 3.28. The molecule has 1 aromatic carbocycles. The van der Waals surface area contributed by atoms with E-state index in [0.29, 0.717) is 12.8 Å². The van der Waals surface area contributed by atoms with Gasteiger partial charge in [0.25, 0.3) is 0 Å². The number of piperidine rings is 1. The average Bonchev–Trinajstić information content (AvgIpc) is 2.41. The van der Waals surface area contributed by atoms with Crippen LogP contribution in [0.25, 0.3) is 0 Å². The minimum absolute atomic E-state index is 0.0389. The van der Waals surface area contributed by atoms with Gasteiger partial charge in [-0.15, -0.1) is 0 Å². The smallest absolute Gasteiger partial charge is 0.245 e. The van der Waals surface area contributed by atoms with E-state index in [-0.39, 0.29) is 21.5 Å². The zero-order chi connectivity index (χ0) is 14.9. The first-order chi connectivity index (χ1) is 9.35. The number of rotatable bonds is 3. The van der Waals surface area contributed by atoms with Gasteiger partial charge in [0.15, 0.2) is 0 Å². The third kappa shape index (κ3) is 2.79. The predicted molar refractivity (Wildman–Crippen MR) is 77.2 cm³/mol. The van der Waals surface area contributed by atoms with Crippen molar-refractivity contribution < 1.29 is 13.2 Å². The molecule has 8 heteroatoms. The third-order valence-corrected chi connectivity index (χ3v) is 6.17. The maximum Gasteiger partial charge on any atom is 0.245 e. The van der Waals surface area contributed by atoms with Crippen LogP contribution in [-0.4, -0.2) is 31.2 Å². The van der Waals surface area contributed by atoms with Crippen molar-refractivity contribution in [3.63, 3.8) is 0 Å². The summed E-state index contributed by atoms with van der Waals surface area (Å²) in [4.78, 5) is 11.4. The van der Waals surface area contributed by atoms with Gasteiger partial charge in [0.1, 0.15) is 10.9 Å². The standard InChI is InChI=1S/C12H14Cl2N2O3S/c13-8-4-3-6-10(11(8)14)20(18,19)16-7-2-1-5-9(16)12(15)17/h3-4,6,9H,1-2,5,7H2,(H2,15,17)/t9-/m0/s1. The molecule has 5 nitrogen and oxygen atoms in total. The zero-order valence-electron chi connectivity index (χ0n) is 10.6. The fourth-order valence-corrected chi connectivity index (χ4v) is 4.69. The lowest BCUT2D eigenvalue weighted by atomic mass is 10.0. The van der Waals surface area contributed by atoms with Crippen molar-refractivity contribution in [2.24, 2.45) is 5.73 Å². The molecule has 1 aliphatic heterocycles. The first-order valence-corrected chi connectivity index (χ1v) is 8.30. The highest BCUT2D eigenvalue weighted by Crippen LogP contribution is 2.33. The van der Waals surface area contributed by atoms with Gasteiger partial charge in [0, 0.05) is 6.54 Å². The maximum atomic E-state index is 12.7. The summed E-state index contributed by atoms with van der Waals surface area (Å²) in [6, 6.07) is 3.55. The van der Waals surface area contributed by atoms with E-state index in [9.17, 15) is 13.2 Å². The zero-order valence-corrected chi connectivity index (χ0v) is 12.9. The van der Waals surface area contributed by atoms with Crippen LogP contribution < -0.4 is 5.73 Å². The molecular formula is C12H14Cl2N2O3S. The van der Waals surface area contributed by atoms with Gasteiger partial charge in [-0.25, -0.2) is 8.42 Å². The molecule has 0 radical (unpaired) electrons. The van der Waals surface area contributed by atoms with Crippen LogP contribution in [0.3, 0.4) is 0 Å². The Morgan fingerprint density at radius 3 is 2.65 bits per heavy atom. The van der Waals surface area contributed by atoms with Gasteiger partial charge < -0.3 is 5.73 Å². The number of halogens is 2. The van der Waals surface area contributed by atoms with Crippen LogP contribution in [0.1, 0.15) is 19.3 Å². The van der Waals surface area contributed by atoms with Crippen LogP contribution in [0.15, 0.2) is 23.1 Å². The molecule has 0 saturated carbocycles. The van der Waals surface area contributed by atoms with Gasteiger partial charge in [0.05, 0.1) is 10.0 Å². The summed E-state index contributed by atoms with van der Waals surface area (Å²) >= 11 is 11.8. The molecular weight excluding hydrogens is 323 g/mol. The molecule has 1 amide bonds. The second-order valence-electron chi connectivity index (χ2n) is 4.58. The molecule has 0 bridgehead atoms. The van der Waals surface area contributed by atoms with Crippen molar-refractivity contribution in [1.29, 1.82) is 0 Å². The van der Waals surface area contributed by atoms with E-state index in [0.717, 1.165) is 10.7 Å². The highest BCUT2D eigenvalue weighted by molar-refractivity contribution is 7.89. The summed E-state index contributed by atoms with van der Waals surface area (Å²) in [5.74, 6) is -0.647. The van der Waals surface area contributed by atoms with Gasteiger partial charge in [-0.3, -0.25) is 4.79 Å². The van der Waals surface area contributed by atoms with Crippen LogP contribution >= 0.6 is 23.2 Å². The van der Waals surface area contributed by atoms with Crippen molar-refractivity contribution >= 4 is 39.1 Å². The number of hydrogen-bond donors (Lipinski definition) is 1. The van der Waals surface area contributed by atoms with E-state index < -0.39 is 22.0 Å². The Labute approximate surface area is 127 Å². The van der Waals surface area contributed by atoms with Crippen LogP contribution in [0.2, 0.25) is 10.0 Å². The van der Waals surface area contributed by atoms with Crippen LogP contribution in [0.5, 0.6) is 0 Å². The topological polar surface area (TPSA) is 80.5 Å². The highest BCUT2D eigenvalue weighted by Gasteiger charge is 2.37. The lowest BCUT2D eigenvalue weighted by molar-refractivity contribution is -0.122. The lowest BCUT2D eigenvalue weighted by Gasteiger charge is -2.32.